The minimum Gasteiger partial charge on any atom is -0.365 e. The van der Waals surface area contributed by atoms with Crippen LogP contribution in [0, 0.1) is 11.3 Å². The van der Waals surface area contributed by atoms with E-state index in [0.717, 1.165) is 29.7 Å². The van der Waals surface area contributed by atoms with Crippen molar-refractivity contribution in [3.8, 4) is 0 Å². The van der Waals surface area contributed by atoms with Crippen LogP contribution in [0.2, 0.25) is 5.02 Å². The maximum Gasteiger partial charge on any atom is 0.256 e. The highest BCUT2D eigenvalue weighted by Gasteiger charge is 2.33. The van der Waals surface area contributed by atoms with Crippen LogP contribution in [0.4, 0.5) is 5.00 Å². The lowest BCUT2D eigenvalue weighted by Gasteiger charge is -2.33. The molecule has 0 fully saturated rings. The number of primary amides is 1. The summed E-state index contributed by atoms with van der Waals surface area (Å²) in [7, 11) is 0. The molecule has 0 radical (unpaired) electrons. The van der Waals surface area contributed by atoms with E-state index < -0.39 is 5.91 Å². The van der Waals surface area contributed by atoms with E-state index in [1.165, 1.54) is 11.3 Å². The first-order valence-corrected chi connectivity index (χ1v) is 9.87. The fraction of sp³-hybridized carbons (Fsp3) is 0.400. The van der Waals surface area contributed by atoms with Gasteiger partial charge in [0, 0.05) is 15.5 Å². The van der Waals surface area contributed by atoms with E-state index in [0.29, 0.717) is 27.1 Å². The third kappa shape index (κ3) is 3.79. The summed E-state index contributed by atoms with van der Waals surface area (Å²) in [6.45, 7) is 6.73. The van der Waals surface area contributed by atoms with Crippen molar-refractivity contribution in [1.29, 1.82) is 0 Å². The molecule has 1 atom stereocenters. The topological polar surface area (TPSA) is 72.2 Å². The van der Waals surface area contributed by atoms with Crippen molar-refractivity contribution in [2.75, 3.05) is 5.32 Å². The van der Waals surface area contributed by atoms with Crippen molar-refractivity contribution in [1.82, 2.24) is 0 Å². The molecule has 26 heavy (non-hydrogen) atoms. The van der Waals surface area contributed by atoms with E-state index in [1.54, 1.807) is 24.3 Å². The summed E-state index contributed by atoms with van der Waals surface area (Å²) in [5.74, 6) is -0.201. The molecule has 0 saturated heterocycles. The Morgan fingerprint density at radius 2 is 1.88 bits per heavy atom. The Kier molecular flexibility index (Phi) is 5.13. The second-order valence-electron chi connectivity index (χ2n) is 7.84. The normalized spacial score (nSPS) is 16.8. The highest BCUT2D eigenvalue weighted by molar-refractivity contribution is 7.17. The number of fused-ring (bicyclic) bond motifs is 1. The van der Waals surface area contributed by atoms with Gasteiger partial charge in [0.1, 0.15) is 5.00 Å². The second kappa shape index (κ2) is 7.05. The number of nitrogens with two attached hydrogens (primary N) is 1. The Bertz CT molecular complexity index is 850. The zero-order valence-electron chi connectivity index (χ0n) is 15.2. The van der Waals surface area contributed by atoms with Gasteiger partial charge in [0.25, 0.3) is 11.8 Å². The molecule has 2 amide bonds. The Morgan fingerprint density at radius 1 is 1.23 bits per heavy atom. The lowest BCUT2D eigenvalue weighted by atomic mass is 9.72. The number of hydrogen-bond donors (Lipinski definition) is 2. The maximum atomic E-state index is 12.5. The predicted octanol–water partition coefficient (Wildman–Crippen LogP) is 4.90. The van der Waals surface area contributed by atoms with Crippen LogP contribution in [-0.2, 0) is 12.8 Å². The summed E-state index contributed by atoms with van der Waals surface area (Å²) in [4.78, 5) is 25.8. The van der Waals surface area contributed by atoms with Gasteiger partial charge in [-0.3, -0.25) is 9.59 Å². The summed E-state index contributed by atoms with van der Waals surface area (Å²) in [5.41, 5.74) is 7.82. The highest BCUT2D eigenvalue weighted by atomic mass is 35.5. The lowest BCUT2D eigenvalue weighted by molar-refractivity contribution is 0.1000. The van der Waals surface area contributed by atoms with E-state index >= 15 is 0 Å². The van der Waals surface area contributed by atoms with Gasteiger partial charge in [0.15, 0.2) is 0 Å². The number of halogens is 1. The molecule has 1 aliphatic rings. The zero-order chi connectivity index (χ0) is 19.1. The molecule has 0 spiro atoms. The van der Waals surface area contributed by atoms with Gasteiger partial charge in [-0.15, -0.1) is 11.3 Å². The smallest absolute Gasteiger partial charge is 0.256 e. The van der Waals surface area contributed by atoms with Crippen LogP contribution in [0.25, 0.3) is 0 Å². The summed E-state index contributed by atoms with van der Waals surface area (Å²) in [6, 6.07) is 6.65. The standard InChI is InChI=1S/C20H23ClN2O2S/c1-20(2,3)12-6-9-14-15(10-12)26-19(16(14)17(22)24)23-18(25)11-4-7-13(21)8-5-11/h4-5,7-8,12H,6,9-10H2,1-3H3,(H2,22,24)(H,23,25)/t12-/m0/s1. The van der Waals surface area contributed by atoms with Crippen LogP contribution in [0.1, 0.15) is 58.3 Å². The van der Waals surface area contributed by atoms with E-state index in [1.807, 2.05) is 0 Å². The second-order valence-corrected chi connectivity index (χ2v) is 9.38. The summed E-state index contributed by atoms with van der Waals surface area (Å²) in [5, 5.41) is 4.00. The van der Waals surface area contributed by atoms with Gasteiger partial charge in [-0.05, 0) is 60.4 Å². The highest BCUT2D eigenvalue weighted by Crippen LogP contribution is 2.44. The molecule has 3 rings (SSSR count). The van der Waals surface area contributed by atoms with Crippen molar-refractivity contribution in [3.05, 3.63) is 50.9 Å². The number of carbonyl (C=O) groups excluding carboxylic acids is 2. The van der Waals surface area contributed by atoms with Crippen molar-refractivity contribution in [2.45, 2.75) is 40.0 Å². The molecule has 3 N–H and O–H groups in total. The summed E-state index contributed by atoms with van der Waals surface area (Å²) < 4.78 is 0. The van der Waals surface area contributed by atoms with Crippen LogP contribution in [0.3, 0.4) is 0 Å². The average molecular weight is 391 g/mol. The summed E-state index contributed by atoms with van der Waals surface area (Å²) in [6.07, 6.45) is 2.77. The molecule has 2 aromatic rings. The molecule has 0 saturated carbocycles. The predicted molar refractivity (Wildman–Crippen MR) is 107 cm³/mol. The van der Waals surface area contributed by atoms with Crippen LogP contribution in [0.15, 0.2) is 24.3 Å². The van der Waals surface area contributed by atoms with Crippen molar-refractivity contribution < 1.29 is 9.59 Å². The van der Waals surface area contributed by atoms with Gasteiger partial charge < -0.3 is 11.1 Å². The molecule has 138 valence electrons. The third-order valence-corrected chi connectivity index (χ3v) is 6.49. The molecule has 1 aromatic carbocycles. The first-order valence-electron chi connectivity index (χ1n) is 8.68. The van der Waals surface area contributed by atoms with Gasteiger partial charge in [0.2, 0.25) is 0 Å². The monoisotopic (exact) mass is 390 g/mol. The largest absolute Gasteiger partial charge is 0.365 e. The van der Waals surface area contributed by atoms with Crippen LogP contribution >= 0.6 is 22.9 Å². The van der Waals surface area contributed by atoms with Crippen LogP contribution in [0.5, 0.6) is 0 Å². The molecule has 0 unspecified atom stereocenters. The van der Waals surface area contributed by atoms with Crippen molar-refractivity contribution >= 4 is 39.8 Å². The van der Waals surface area contributed by atoms with Crippen molar-refractivity contribution in [2.24, 2.45) is 17.1 Å². The van der Waals surface area contributed by atoms with Gasteiger partial charge >= 0.3 is 0 Å². The quantitative estimate of drug-likeness (QED) is 0.781. The fourth-order valence-corrected chi connectivity index (χ4v) is 4.90. The SMILES string of the molecule is CC(C)(C)[C@H]1CCc2c(sc(NC(=O)c3ccc(Cl)cc3)c2C(N)=O)C1. The number of hydrogen-bond acceptors (Lipinski definition) is 3. The molecule has 1 aliphatic carbocycles. The zero-order valence-corrected chi connectivity index (χ0v) is 16.8. The lowest BCUT2D eigenvalue weighted by Crippen LogP contribution is -2.27. The van der Waals surface area contributed by atoms with E-state index in [9.17, 15) is 9.59 Å². The Labute approximate surface area is 162 Å². The molecule has 4 nitrogen and oxygen atoms in total. The molecule has 1 aromatic heterocycles. The van der Waals surface area contributed by atoms with Gasteiger partial charge in [0.05, 0.1) is 5.56 Å². The Balaban J connectivity index is 1.91. The first-order chi connectivity index (χ1) is 12.2. The Hall–Kier alpha value is -1.85. The molecule has 0 aliphatic heterocycles. The molecule has 0 bridgehead atoms. The number of benzene rings is 1. The fourth-order valence-electron chi connectivity index (χ4n) is 3.45. The number of nitrogens with one attached hydrogen (secondary N) is 1. The number of rotatable bonds is 3. The van der Waals surface area contributed by atoms with Crippen LogP contribution in [-0.4, -0.2) is 11.8 Å². The van der Waals surface area contributed by atoms with Crippen molar-refractivity contribution in [3.63, 3.8) is 0 Å². The third-order valence-electron chi connectivity index (χ3n) is 5.07. The van der Waals surface area contributed by atoms with E-state index in [4.69, 9.17) is 17.3 Å². The minimum absolute atomic E-state index is 0.210. The number of amides is 2. The molecular formula is C20H23ClN2O2S. The van der Waals surface area contributed by atoms with Crippen LogP contribution < -0.4 is 11.1 Å². The number of anilines is 1. The van der Waals surface area contributed by atoms with Gasteiger partial charge in [-0.2, -0.15) is 0 Å². The summed E-state index contributed by atoms with van der Waals surface area (Å²) >= 11 is 7.35. The van der Waals surface area contributed by atoms with Gasteiger partial charge in [-0.25, -0.2) is 0 Å². The van der Waals surface area contributed by atoms with Gasteiger partial charge in [-0.1, -0.05) is 32.4 Å². The van der Waals surface area contributed by atoms with E-state index in [-0.39, 0.29) is 11.3 Å². The minimum atomic E-state index is -0.483. The first kappa shape index (κ1) is 18.9. The molecular weight excluding hydrogens is 368 g/mol. The average Bonchev–Trinajstić information content (AvgIpc) is 2.91. The Morgan fingerprint density at radius 3 is 2.46 bits per heavy atom. The maximum absolute atomic E-state index is 12.5. The number of thiophene rings is 1. The molecule has 1 heterocycles. The molecule has 6 heteroatoms. The number of carbonyl (C=O) groups is 2. The van der Waals surface area contributed by atoms with E-state index in [2.05, 4.69) is 26.1 Å².